The van der Waals surface area contributed by atoms with Gasteiger partial charge in [0.1, 0.15) is 0 Å². The summed E-state index contributed by atoms with van der Waals surface area (Å²) < 4.78 is 0. The van der Waals surface area contributed by atoms with Crippen molar-refractivity contribution in [3.8, 4) is 0 Å². The normalized spacial score (nSPS) is 11.1. The third-order valence-corrected chi connectivity index (χ3v) is 3.89. The molecule has 13 heavy (non-hydrogen) atoms. The summed E-state index contributed by atoms with van der Waals surface area (Å²) in [6.45, 7) is 10.0. The zero-order valence-corrected chi connectivity index (χ0v) is 10.5. The van der Waals surface area contributed by atoms with Gasteiger partial charge in [-0.2, -0.15) is 0 Å². The number of hydrogen-bond acceptors (Lipinski definition) is 3. The summed E-state index contributed by atoms with van der Waals surface area (Å²) >= 11 is 0. The van der Waals surface area contributed by atoms with E-state index in [4.69, 9.17) is 0 Å². The molecule has 0 aliphatic carbocycles. The first-order chi connectivity index (χ1) is 6.35. The van der Waals surface area contributed by atoms with Crippen molar-refractivity contribution in [1.29, 1.82) is 0 Å². The quantitative estimate of drug-likeness (QED) is 0.483. The molecule has 3 nitrogen and oxygen atoms in total. The highest BCUT2D eigenvalue weighted by Gasteiger charge is 2.06. The summed E-state index contributed by atoms with van der Waals surface area (Å²) in [4.78, 5) is 10.7. The second kappa shape index (κ2) is 10.2. The van der Waals surface area contributed by atoms with Crippen LogP contribution in [0.1, 0.15) is 40.0 Å². The summed E-state index contributed by atoms with van der Waals surface area (Å²) in [5.41, 5.74) is 0. The van der Waals surface area contributed by atoms with Crippen molar-refractivity contribution < 1.29 is 0 Å². The zero-order chi connectivity index (χ0) is 9.94. The molecular weight excluding hydrogens is 178 g/mol. The first-order valence-corrected chi connectivity index (χ1v) is 7.28. The first-order valence-electron chi connectivity index (χ1n) is 5.55. The van der Waals surface area contributed by atoms with Crippen molar-refractivity contribution in [1.82, 2.24) is 14.9 Å². The molecule has 0 aromatic rings. The Morgan fingerprint density at radius 1 is 0.692 bits per heavy atom. The molecule has 0 aliphatic rings. The third-order valence-electron chi connectivity index (χ3n) is 1.80. The van der Waals surface area contributed by atoms with E-state index in [-0.39, 0.29) is 0 Å². The molecule has 0 spiro atoms. The van der Waals surface area contributed by atoms with Gasteiger partial charge in [0, 0.05) is 0 Å². The first kappa shape index (κ1) is 13.1. The van der Waals surface area contributed by atoms with E-state index in [1.54, 1.807) is 0 Å². The van der Waals surface area contributed by atoms with Crippen molar-refractivity contribution in [3.05, 3.63) is 0 Å². The number of hydrogen-bond donors (Lipinski definition) is 3. The SMILES string of the molecule is CCCN[SiH](NCCC)NCCC. The van der Waals surface area contributed by atoms with Crippen LogP contribution in [0.2, 0.25) is 0 Å². The highest BCUT2D eigenvalue weighted by atomic mass is 28.3. The average Bonchev–Trinajstić information content (AvgIpc) is 2.17. The summed E-state index contributed by atoms with van der Waals surface area (Å²) in [7, 11) is -1.04. The van der Waals surface area contributed by atoms with Gasteiger partial charge in [-0.1, -0.05) is 20.8 Å². The van der Waals surface area contributed by atoms with E-state index in [2.05, 4.69) is 35.7 Å². The third kappa shape index (κ3) is 8.43. The van der Waals surface area contributed by atoms with Crippen LogP contribution >= 0.6 is 0 Å². The lowest BCUT2D eigenvalue weighted by Gasteiger charge is -2.18. The lowest BCUT2D eigenvalue weighted by atomic mass is 10.5. The minimum absolute atomic E-state index is 1.04. The van der Waals surface area contributed by atoms with Crippen LogP contribution < -0.4 is 14.9 Å². The minimum atomic E-state index is -1.04. The van der Waals surface area contributed by atoms with E-state index in [1.165, 1.54) is 19.3 Å². The van der Waals surface area contributed by atoms with Gasteiger partial charge >= 0.3 is 0 Å². The monoisotopic (exact) mass is 203 g/mol. The Morgan fingerprint density at radius 3 is 1.23 bits per heavy atom. The van der Waals surface area contributed by atoms with Gasteiger partial charge in [-0.3, -0.25) is 0 Å². The molecule has 0 bridgehead atoms. The van der Waals surface area contributed by atoms with E-state index in [1.807, 2.05) is 0 Å². The topological polar surface area (TPSA) is 36.1 Å². The van der Waals surface area contributed by atoms with E-state index in [0.29, 0.717) is 0 Å². The Balaban J connectivity index is 3.47. The van der Waals surface area contributed by atoms with Crippen LogP contribution in [0.4, 0.5) is 0 Å². The largest absolute Gasteiger partial charge is 0.316 e. The van der Waals surface area contributed by atoms with Gasteiger partial charge in [-0.05, 0) is 38.9 Å². The van der Waals surface area contributed by atoms with E-state index >= 15 is 0 Å². The fourth-order valence-electron chi connectivity index (χ4n) is 1.08. The molecular formula is C9H25N3Si. The maximum atomic E-state index is 3.56. The van der Waals surface area contributed by atoms with E-state index in [9.17, 15) is 0 Å². The molecule has 0 atom stereocenters. The van der Waals surface area contributed by atoms with Gasteiger partial charge in [0.2, 0.25) is 0 Å². The molecule has 0 aromatic carbocycles. The van der Waals surface area contributed by atoms with Crippen molar-refractivity contribution in [3.63, 3.8) is 0 Å². The average molecular weight is 203 g/mol. The Bertz CT molecular complexity index is 81.8. The number of rotatable bonds is 9. The predicted molar refractivity (Wildman–Crippen MR) is 62.0 cm³/mol. The highest BCUT2D eigenvalue weighted by molar-refractivity contribution is 6.50. The van der Waals surface area contributed by atoms with Crippen molar-refractivity contribution in [2.45, 2.75) is 40.0 Å². The van der Waals surface area contributed by atoms with Crippen molar-refractivity contribution in [2.24, 2.45) is 0 Å². The molecule has 0 aromatic heterocycles. The molecule has 0 saturated heterocycles. The molecule has 0 aliphatic heterocycles. The Labute approximate surface area is 84.5 Å². The molecule has 0 unspecified atom stereocenters. The molecule has 0 saturated carbocycles. The molecule has 80 valence electrons. The van der Waals surface area contributed by atoms with E-state index < -0.39 is 9.28 Å². The molecule has 0 heterocycles. The van der Waals surface area contributed by atoms with Crippen molar-refractivity contribution >= 4 is 9.28 Å². The van der Waals surface area contributed by atoms with Crippen molar-refractivity contribution in [2.75, 3.05) is 19.6 Å². The summed E-state index contributed by atoms with van der Waals surface area (Å²) in [6, 6.07) is 0. The zero-order valence-electron chi connectivity index (χ0n) is 9.32. The van der Waals surface area contributed by atoms with Crippen LogP contribution in [-0.2, 0) is 0 Å². The van der Waals surface area contributed by atoms with Gasteiger partial charge in [0.05, 0.1) is 0 Å². The fraction of sp³-hybridized carbons (Fsp3) is 1.00. The fourth-order valence-corrected chi connectivity index (χ4v) is 3.25. The summed E-state index contributed by atoms with van der Waals surface area (Å²) in [5.74, 6) is 0. The summed E-state index contributed by atoms with van der Waals surface area (Å²) in [6.07, 6.45) is 3.64. The Morgan fingerprint density at radius 2 is 1.00 bits per heavy atom. The molecule has 4 heteroatoms. The molecule has 0 amide bonds. The smallest absolute Gasteiger partial charge is 0.264 e. The lowest BCUT2D eigenvalue weighted by Crippen LogP contribution is -2.58. The van der Waals surface area contributed by atoms with Crippen LogP contribution in [0.5, 0.6) is 0 Å². The van der Waals surface area contributed by atoms with E-state index in [0.717, 1.165) is 19.6 Å². The van der Waals surface area contributed by atoms with Gasteiger partial charge in [0.15, 0.2) is 0 Å². The second-order valence-electron chi connectivity index (χ2n) is 3.30. The Kier molecular flexibility index (Phi) is 10.3. The van der Waals surface area contributed by atoms with Gasteiger partial charge < -0.3 is 14.9 Å². The highest BCUT2D eigenvalue weighted by Crippen LogP contribution is 1.76. The van der Waals surface area contributed by atoms with Crippen LogP contribution in [0.25, 0.3) is 0 Å². The van der Waals surface area contributed by atoms with Crippen LogP contribution in [0.15, 0.2) is 0 Å². The van der Waals surface area contributed by atoms with Crippen LogP contribution in [0, 0.1) is 0 Å². The second-order valence-corrected chi connectivity index (χ2v) is 5.39. The standard InChI is InChI=1S/C9H25N3Si/c1-4-7-10-13(11-8-5-2)12-9-6-3/h10-13H,4-9H2,1-3H3. The maximum absolute atomic E-state index is 3.56. The minimum Gasteiger partial charge on any atom is -0.316 e. The molecule has 0 fully saturated rings. The van der Waals surface area contributed by atoms with Gasteiger partial charge in [-0.25, -0.2) is 0 Å². The molecule has 0 radical (unpaired) electrons. The molecule has 3 N–H and O–H groups in total. The maximum Gasteiger partial charge on any atom is 0.264 e. The van der Waals surface area contributed by atoms with Gasteiger partial charge in [-0.15, -0.1) is 0 Å². The van der Waals surface area contributed by atoms with Gasteiger partial charge in [0.25, 0.3) is 9.28 Å². The summed E-state index contributed by atoms with van der Waals surface area (Å²) in [5, 5.41) is 0. The number of nitrogens with one attached hydrogen (secondary N) is 3. The molecule has 0 rings (SSSR count). The predicted octanol–water partition coefficient (Wildman–Crippen LogP) is 0.702. The van der Waals surface area contributed by atoms with Crippen LogP contribution in [0.3, 0.4) is 0 Å². The Hall–Kier alpha value is 0.0969. The lowest BCUT2D eigenvalue weighted by molar-refractivity contribution is 0.735. The van der Waals surface area contributed by atoms with Crippen LogP contribution in [-0.4, -0.2) is 28.9 Å².